The van der Waals surface area contributed by atoms with Gasteiger partial charge < -0.3 is 14.7 Å². The molecule has 1 aromatic carbocycles. The molecule has 0 aliphatic carbocycles. The van der Waals surface area contributed by atoms with Gasteiger partial charge in [-0.3, -0.25) is 19.6 Å². The van der Waals surface area contributed by atoms with E-state index < -0.39 is 17.7 Å². The Kier molecular flexibility index (Phi) is 6.26. The Bertz CT molecular complexity index is 1130. The van der Waals surface area contributed by atoms with Crippen LogP contribution in [0.15, 0.2) is 78.9 Å². The normalized spacial score (nSPS) is 17.5. The minimum absolute atomic E-state index is 0.0484. The summed E-state index contributed by atoms with van der Waals surface area (Å²) in [5.41, 5.74) is 1.96. The lowest BCUT2D eigenvalue weighted by Crippen LogP contribution is -2.29. The second kappa shape index (κ2) is 9.43. The van der Waals surface area contributed by atoms with Crippen molar-refractivity contribution in [3.8, 4) is 5.75 Å². The fourth-order valence-electron chi connectivity index (χ4n) is 3.71. The molecule has 1 fully saturated rings. The zero-order valence-electron chi connectivity index (χ0n) is 17.6. The predicted octanol–water partition coefficient (Wildman–Crippen LogP) is 3.89. The number of amides is 1. The maximum atomic E-state index is 13.0. The molecule has 2 aromatic heterocycles. The molecular formula is C25H23N3O4. The third-order valence-corrected chi connectivity index (χ3v) is 5.24. The van der Waals surface area contributed by atoms with Crippen LogP contribution >= 0.6 is 0 Å². The number of likely N-dealkylation sites (tertiary alicyclic amines) is 1. The number of carbonyl (C=O) groups excluding carboxylic acids is 2. The van der Waals surface area contributed by atoms with Crippen LogP contribution in [0.1, 0.15) is 36.1 Å². The van der Waals surface area contributed by atoms with E-state index in [2.05, 4.69) is 9.97 Å². The van der Waals surface area contributed by atoms with Gasteiger partial charge in [-0.2, -0.15) is 0 Å². The monoisotopic (exact) mass is 429 g/mol. The van der Waals surface area contributed by atoms with Crippen molar-refractivity contribution < 1.29 is 19.4 Å². The maximum absolute atomic E-state index is 13.0. The van der Waals surface area contributed by atoms with E-state index in [0.717, 1.165) is 12.0 Å². The van der Waals surface area contributed by atoms with Crippen LogP contribution in [-0.4, -0.2) is 38.3 Å². The first kappa shape index (κ1) is 21.2. The number of ketones is 1. The van der Waals surface area contributed by atoms with Crippen LogP contribution in [-0.2, 0) is 16.1 Å². The molecule has 1 aliphatic rings. The molecule has 0 saturated carbocycles. The second-order valence-electron chi connectivity index (χ2n) is 7.44. The quantitative estimate of drug-likeness (QED) is 0.348. The number of aliphatic hydroxyl groups is 1. The number of carbonyl (C=O) groups is 2. The molecule has 1 N–H and O–H groups in total. The number of nitrogens with zero attached hydrogens (tertiary/aromatic N) is 3. The van der Waals surface area contributed by atoms with E-state index >= 15 is 0 Å². The molecule has 1 atom stereocenters. The van der Waals surface area contributed by atoms with Gasteiger partial charge in [-0.15, -0.1) is 0 Å². The van der Waals surface area contributed by atoms with Gasteiger partial charge in [-0.25, -0.2) is 0 Å². The number of hydrogen-bond donors (Lipinski definition) is 1. The molecule has 0 bridgehead atoms. The Hall–Kier alpha value is -4.00. The maximum Gasteiger partial charge on any atom is 0.295 e. The van der Waals surface area contributed by atoms with E-state index in [1.54, 1.807) is 30.6 Å². The molecule has 4 rings (SSSR count). The fourth-order valence-corrected chi connectivity index (χ4v) is 3.71. The van der Waals surface area contributed by atoms with Gasteiger partial charge in [-0.05, 0) is 47.9 Å². The second-order valence-corrected chi connectivity index (χ2v) is 7.44. The average molecular weight is 429 g/mol. The highest BCUT2D eigenvalue weighted by Gasteiger charge is 2.46. The number of aliphatic hydroxyl groups excluding tert-OH is 1. The van der Waals surface area contributed by atoms with Crippen molar-refractivity contribution in [3.05, 3.63) is 95.6 Å². The number of ether oxygens (including phenoxy) is 1. The number of rotatable bonds is 7. The lowest BCUT2D eigenvalue weighted by molar-refractivity contribution is -0.140. The topological polar surface area (TPSA) is 92.6 Å². The van der Waals surface area contributed by atoms with Crippen molar-refractivity contribution in [3.63, 3.8) is 0 Å². The zero-order chi connectivity index (χ0) is 22.5. The summed E-state index contributed by atoms with van der Waals surface area (Å²) < 4.78 is 5.66. The number of hydrogen-bond acceptors (Lipinski definition) is 6. The Morgan fingerprint density at radius 3 is 2.44 bits per heavy atom. The van der Waals surface area contributed by atoms with Crippen LogP contribution in [0.4, 0.5) is 0 Å². The van der Waals surface area contributed by atoms with Crippen LogP contribution in [0.25, 0.3) is 5.76 Å². The summed E-state index contributed by atoms with van der Waals surface area (Å²) in [4.78, 5) is 35.6. The third-order valence-electron chi connectivity index (χ3n) is 5.24. The molecule has 7 nitrogen and oxygen atoms in total. The van der Waals surface area contributed by atoms with Gasteiger partial charge in [0.05, 0.1) is 18.2 Å². The first-order chi connectivity index (χ1) is 15.6. The first-order valence-corrected chi connectivity index (χ1v) is 10.4. The molecule has 1 saturated heterocycles. The van der Waals surface area contributed by atoms with E-state index in [1.165, 1.54) is 17.3 Å². The van der Waals surface area contributed by atoms with Gasteiger partial charge in [0.2, 0.25) is 0 Å². The van der Waals surface area contributed by atoms with Gasteiger partial charge in [0, 0.05) is 36.9 Å². The summed E-state index contributed by atoms with van der Waals surface area (Å²) in [7, 11) is 0. The van der Waals surface area contributed by atoms with Crippen molar-refractivity contribution in [2.75, 3.05) is 6.61 Å². The van der Waals surface area contributed by atoms with Crippen LogP contribution in [0.2, 0.25) is 0 Å². The average Bonchev–Trinajstić information content (AvgIpc) is 3.08. The van der Waals surface area contributed by atoms with Gasteiger partial charge in [0.25, 0.3) is 11.7 Å². The fraction of sp³-hybridized carbons (Fsp3) is 0.200. The number of pyridine rings is 2. The Morgan fingerprint density at radius 1 is 1.03 bits per heavy atom. The smallest absolute Gasteiger partial charge is 0.295 e. The van der Waals surface area contributed by atoms with Gasteiger partial charge in [0.15, 0.2) is 0 Å². The highest BCUT2D eigenvalue weighted by atomic mass is 16.5. The van der Waals surface area contributed by atoms with E-state index in [4.69, 9.17) is 4.74 Å². The van der Waals surface area contributed by atoms with Gasteiger partial charge in [0.1, 0.15) is 11.5 Å². The molecule has 1 aliphatic heterocycles. The molecular weight excluding hydrogens is 406 g/mol. The number of benzene rings is 1. The van der Waals surface area contributed by atoms with E-state index in [1.807, 2.05) is 37.3 Å². The van der Waals surface area contributed by atoms with Crippen LogP contribution in [0.5, 0.6) is 5.75 Å². The molecule has 3 aromatic rings. The summed E-state index contributed by atoms with van der Waals surface area (Å²) in [5, 5.41) is 11.0. The molecule has 1 unspecified atom stereocenters. The van der Waals surface area contributed by atoms with Crippen molar-refractivity contribution in [2.45, 2.75) is 25.9 Å². The van der Waals surface area contributed by atoms with Crippen LogP contribution in [0.3, 0.4) is 0 Å². The Balaban J connectivity index is 1.79. The van der Waals surface area contributed by atoms with Crippen molar-refractivity contribution in [2.24, 2.45) is 0 Å². The molecule has 0 spiro atoms. The molecule has 162 valence electrons. The SMILES string of the molecule is CCCOc1ccc(C2/C(=C(\O)c3ccncc3)C(=O)C(=O)N2Cc2cccnc2)cc1. The summed E-state index contributed by atoms with van der Waals surface area (Å²) in [6.07, 6.45) is 7.23. The van der Waals surface area contributed by atoms with Crippen LogP contribution < -0.4 is 4.74 Å². The van der Waals surface area contributed by atoms with Gasteiger partial charge >= 0.3 is 0 Å². The lowest BCUT2D eigenvalue weighted by Gasteiger charge is -2.25. The van der Waals surface area contributed by atoms with E-state index in [9.17, 15) is 14.7 Å². The molecule has 1 amide bonds. The third kappa shape index (κ3) is 4.23. The number of Topliss-reactive ketones (excluding diaryl/α,β-unsaturated/α-hetero) is 1. The lowest BCUT2D eigenvalue weighted by atomic mass is 9.95. The Labute approximate surface area is 186 Å². The van der Waals surface area contributed by atoms with E-state index in [0.29, 0.717) is 23.5 Å². The largest absolute Gasteiger partial charge is 0.507 e. The molecule has 7 heteroatoms. The summed E-state index contributed by atoms with van der Waals surface area (Å²) in [6.45, 7) is 2.81. The standard InChI is InChI=1S/C25H23N3O4/c1-2-14-32-20-7-5-18(6-8-20)22-21(23(29)19-9-12-26-13-10-19)24(30)25(31)28(22)16-17-4-3-11-27-15-17/h3-13,15,22,29H,2,14,16H2,1H3/b23-21+. The summed E-state index contributed by atoms with van der Waals surface area (Å²) in [5.74, 6) is -0.912. The van der Waals surface area contributed by atoms with Crippen molar-refractivity contribution in [1.29, 1.82) is 0 Å². The van der Waals surface area contributed by atoms with E-state index in [-0.39, 0.29) is 17.9 Å². The van der Waals surface area contributed by atoms with Crippen molar-refractivity contribution >= 4 is 17.4 Å². The predicted molar refractivity (Wildman–Crippen MR) is 119 cm³/mol. The molecule has 0 radical (unpaired) electrons. The minimum Gasteiger partial charge on any atom is -0.507 e. The molecule has 3 heterocycles. The highest BCUT2D eigenvalue weighted by molar-refractivity contribution is 6.46. The summed E-state index contributed by atoms with van der Waals surface area (Å²) in [6, 6.07) is 13.3. The Morgan fingerprint density at radius 2 is 1.78 bits per heavy atom. The van der Waals surface area contributed by atoms with Crippen molar-refractivity contribution in [1.82, 2.24) is 14.9 Å². The minimum atomic E-state index is -0.747. The van der Waals surface area contributed by atoms with Crippen LogP contribution in [0, 0.1) is 0 Å². The number of aromatic nitrogens is 2. The van der Waals surface area contributed by atoms with Gasteiger partial charge in [-0.1, -0.05) is 25.1 Å². The molecule has 32 heavy (non-hydrogen) atoms. The zero-order valence-corrected chi connectivity index (χ0v) is 17.6. The summed E-state index contributed by atoms with van der Waals surface area (Å²) >= 11 is 0. The first-order valence-electron chi connectivity index (χ1n) is 10.4. The highest BCUT2D eigenvalue weighted by Crippen LogP contribution is 2.40.